The maximum absolute atomic E-state index is 14.0. The molecule has 2 atom stereocenters. The van der Waals surface area contributed by atoms with Gasteiger partial charge in [0.05, 0.1) is 25.8 Å². The van der Waals surface area contributed by atoms with E-state index in [9.17, 15) is 18.0 Å². The van der Waals surface area contributed by atoms with Gasteiger partial charge in [0, 0.05) is 10.6 Å². The van der Waals surface area contributed by atoms with E-state index in [1.54, 1.807) is 25.1 Å². The molecule has 2 aromatic carbocycles. The largest absolute Gasteiger partial charge is 0.496 e. The number of benzene rings is 2. The fraction of sp³-hybridized carbons (Fsp3) is 0.375. The number of fused-ring (bicyclic) bond motifs is 3. The van der Waals surface area contributed by atoms with E-state index in [4.69, 9.17) is 25.8 Å². The number of rotatable bonds is 6. The standard InChI is InChI=1S/C24H23ClF3N3O4/c1-4-14-15(7-6-8-18(14)33-3)21-16-11-13(25)9-10-17(16)31-22(29-30-23(31)24(26,27)28)19(35-21)12-20(32)34-5-2/h6-11,19,21H,4-5,12H2,1-3H3/t19-,21-/m0/s1. The molecule has 0 radical (unpaired) electrons. The van der Waals surface area contributed by atoms with Crippen LogP contribution in [0.3, 0.4) is 0 Å². The first-order chi connectivity index (χ1) is 16.7. The smallest absolute Gasteiger partial charge is 0.452 e. The number of hydrogen-bond donors (Lipinski definition) is 0. The molecular weight excluding hydrogens is 487 g/mol. The first kappa shape index (κ1) is 25.0. The molecule has 1 aromatic heterocycles. The second-order valence-corrected chi connectivity index (χ2v) is 8.25. The van der Waals surface area contributed by atoms with Crippen LogP contribution in [-0.2, 0) is 26.9 Å². The van der Waals surface area contributed by atoms with Crippen LogP contribution in [0, 0.1) is 0 Å². The number of halogens is 4. The van der Waals surface area contributed by atoms with Crippen molar-refractivity contribution in [1.82, 2.24) is 14.8 Å². The van der Waals surface area contributed by atoms with Crippen molar-refractivity contribution < 1.29 is 32.2 Å². The summed E-state index contributed by atoms with van der Waals surface area (Å²) in [6.45, 7) is 3.69. The first-order valence-electron chi connectivity index (χ1n) is 11.0. The molecule has 0 aliphatic carbocycles. The summed E-state index contributed by atoms with van der Waals surface area (Å²) in [5.41, 5.74) is 2.02. The highest BCUT2D eigenvalue weighted by Gasteiger charge is 2.43. The number of ether oxygens (including phenoxy) is 3. The van der Waals surface area contributed by atoms with Crippen LogP contribution in [0.1, 0.15) is 60.8 Å². The molecule has 35 heavy (non-hydrogen) atoms. The van der Waals surface area contributed by atoms with E-state index in [-0.39, 0.29) is 24.5 Å². The second-order valence-electron chi connectivity index (χ2n) is 7.81. The molecule has 0 saturated carbocycles. The number of esters is 1. The molecule has 186 valence electrons. The lowest BCUT2D eigenvalue weighted by Gasteiger charge is -2.25. The summed E-state index contributed by atoms with van der Waals surface area (Å²) < 4.78 is 59.7. The van der Waals surface area contributed by atoms with Crippen molar-refractivity contribution in [3.8, 4) is 11.4 Å². The minimum absolute atomic E-state index is 0.112. The minimum atomic E-state index is -4.80. The summed E-state index contributed by atoms with van der Waals surface area (Å²) in [5.74, 6) is -1.41. The zero-order chi connectivity index (χ0) is 25.3. The van der Waals surface area contributed by atoms with Crippen molar-refractivity contribution in [1.29, 1.82) is 0 Å². The molecule has 4 rings (SSSR count). The van der Waals surface area contributed by atoms with Gasteiger partial charge in [-0.25, -0.2) is 0 Å². The number of carbonyl (C=O) groups is 1. The fourth-order valence-corrected chi connectivity index (χ4v) is 4.49. The van der Waals surface area contributed by atoms with Crippen LogP contribution < -0.4 is 4.74 Å². The second kappa shape index (κ2) is 9.87. The van der Waals surface area contributed by atoms with Gasteiger partial charge in [0.1, 0.15) is 18.0 Å². The Balaban J connectivity index is 2.00. The molecule has 7 nitrogen and oxygen atoms in total. The topological polar surface area (TPSA) is 75.5 Å². The average molecular weight is 510 g/mol. The number of alkyl halides is 3. The average Bonchev–Trinajstić information content (AvgIpc) is 3.22. The maximum Gasteiger partial charge on any atom is 0.452 e. The van der Waals surface area contributed by atoms with Gasteiger partial charge in [0.15, 0.2) is 5.82 Å². The van der Waals surface area contributed by atoms with Crippen LogP contribution >= 0.6 is 11.6 Å². The van der Waals surface area contributed by atoms with Crippen LogP contribution in [0.5, 0.6) is 5.75 Å². The molecule has 0 unspecified atom stereocenters. The first-order valence-corrected chi connectivity index (χ1v) is 11.4. The number of aromatic nitrogens is 3. The van der Waals surface area contributed by atoms with E-state index in [0.29, 0.717) is 28.3 Å². The normalized spacial score (nSPS) is 17.3. The Labute approximate surface area is 204 Å². The van der Waals surface area contributed by atoms with Gasteiger partial charge < -0.3 is 14.2 Å². The Hall–Kier alpha value is -3.11. The summed E-state index contributed by atoms with van der Waals surface area (Å²) >= 11 is 6.29. The third-order valence-corrected chi connectivity index (χ3v) is 5.96. The van der Waals surface area contributed by atoms with E-state index >= 15 is 0 Å². The van der Waals surface area contributed by atoms with Crippen LogP contribution in [0.15, 0.2) is 36.4 Å². The molecule has 3 aromatic rings. The van der Waals surface area contributed by atoms with Crippen LogP contribution in [-0.4, -0.2) is 34.5 Å². The molecule has 1 aliphatic rings. The SMILES string of the molecule is CCOC(=O)C[C@@H]1O[C@@H](c2cccc(OC)c2CC)c2cc(Cl)ccc2-n2c1nnc2C(F)(F)F. The van der Waals surface area contributed by atoms with Crippen molar-refractivity contribution >= 4 is 17.6 Å². The lowest BCUT2D eigenvalue weighted by atomic mass is 9.93. The molecule has 0 saturated heterocycles. The number of methoxy groups -OCH3 is 1. The van der Waals surface area contributed by atoms with E-state index in [2.05, 4.69) is 10.2 Å². The predicted molar refractivity (Wildman–Crippen MR) is 121 cm³/mol. The molecule has 0 bridgehead atoms. The zero-order valence-electron chi connectivity index (χ0n) is 19.2. The molecule has 2 heterocycles. The maximum atomic E-state index is 14.0. The molecule has 0 amide bonds. The Kier molecular flexibility index (Phi) is 7.05. The summed E-state index contributed by atoms with van der Waals surface area (Å²) in [6.07, 6.45) is -6.65. The number of carbonyl (C=O) groups excluding carboxylic acids is 1. The van der Waals surface area contributed by atoms with E-state index in [1.807, 2.05) is 13.0 Å². The van der Waals surface area contributed by atoms with Gasteiger partial charge in [-0.1, -0.05) is 30.7 Å². The number of nitrogens with zero attached hydrogens (tertiary/aromatic N) is 3. The van der Waals surface area contributed by atoms with Crippen molar-refractivity contribution in [3.05, 3.63) is 69.8 Å². The van der Waals surface area contributed by atoms with E-state index < -0.39 is 30.2 Å². The molecular formula is C24H23ClF3N3O4. The van der Waals surface area contributed by atoms with Gasteiger partial charge in [-0.05, 0) is 48.7 Å². The van der Waals surface area contributed by atoms with Gasteiger partial charge in [0.25, 0.3) is 0 Å². The highest BCUT2D eigenvalue weighted by atomic mass is 35.5. The van der Waals surface area contributed by atoms with Crippen molar-refractivity contribution in [2.45, 2.75) is 45.1 Å². The lowest BCUT2D eigenvalue weighted by Crippen LogP contribution is -2.18. The molecule has 1 aliphatic heterocycles. The van der Waals surface area contributed by atoms with Crippen molar-refractivity contribution in [3.63, 3.8) is 0 Å². The Morgan fingerprint density at radius 1 is 1.17 bits per heavy atom. The van der Waals surface area contributed by atoms with Gasteiger partial charge in [-0.15, -0.1) is 10.2 Å². The zero-order valence-corrected chi connectivity index (χ0v) is 20.0. The van der Waals surface area contributed by atoms with E-state index in [1.165, 1.54) is 19.2 Å². The summed E-state index contributed by atoms with van der Waals surface area (Å²) in [5, 5.41) is 7.51. The Morgan fingerprint density at radius 2 is 1.94 bits per heavy atom. The van der Waals surface area contributed by atoms with Crippen LogP contribution in [0.25, 0.3) is 5.69 Å². The van der Waals surface area contributed by atoms with Crippen LogP contribution in [0.4, 0.5) is 13.2 Å². The molecule has 11 heteroatoms. The summed E-state index contributed by atoms with van der Waals surface area (Å²) in [6, 6.07) is 9.89. The third kappa shape index (κ3) is 4.72. The molecule has 0 N–H and O–H groups in total. The molecule has 0 spiro atoms. The Morgan fingerprint density at radius 3 is 2.60 bits per heavy atom. The summed E-state index contributed by atoms with van der Waals surface area (Å²) in [7, 11) is 1.54. The quantitative estimate of drug-likeness (QED) is 0.401. The predicted octanol–water partition coefficient (Wildman–Crippen LogP) is 5.62. The monoisotopic (exact) mass is 509 g/mol. The van der Waals surface area contributed by atoms with E-state index in [0.717, 1.165) is 10.1 Å². The van der Waals surface area contributed by atoms with Crippen molar-refractivity contribution in [2.75, 3.05) is 13.7 Å². The summed E-state index contributed by atoms with van der Waals surface area (Å²) in [4.78, 5) is 12.4. The number of hydrogen-bond acceptors (Lipinski definition) is 6. The minimum Gasteiger partial charge on any atom is -0.496 e. The molecule has 0 fully saturated rings. The van der Waals surface area contributed by atoms with Crippen molar-refractivity contribution in [2.24, 2.45) is 0 Å². The lowest BCUT2D eigenvalue weighted by molar-refractivity contribution is -0.147. The van der Waals surface area contributed by atoms with Gasteiger partial charge in [-0.3, -0.25) is 9.36 Å². The van der Waals surface area contributed by atoms with Gasteiger partial charge in [-0.2, -0.15) is 13.2 Å². The Bertz CT molecular complexity index is 1250. The van der Waals surface area contributed by atoms with Gasteiger partial charge in [0.2, 0.25) is 5.82 Å². The van der Waals surface area contributed by atoms with Crippen LogP contribution in [0.2, 0.25) is 5.02 Å². The highest BCUT2D eigenvalue weighted by molar-refractivity contribution is 6.30. The fourth-order valence-electron chi connectivity index (χ4n) is 4.31. The third-order valence-electron chi connectivity index (χ3n) is 5.73. The van der Waals surface area contributed by atoms with Gasteiger partial charge >= 0.3 is 12.1 Å². The highest BCUT2D eigenvalue weighted by Crippen LogP contribution is 2.45.